The number of hydrogen-bond donors (Lipinski definition) is 2. The molecule has 1 aromatic carbocycles. The van der Waals surface area contributed by atoms with Gasteiger partial charge in [0.25, 0.3) is 0 Å². The van der Waals surface area contributed by atoms with Crippen LogP contribution in [-0.2, 0) is 13.1 Å². The highest BCUT2D eigenvalue weighted by molar-refractivity contribution is 5.77. The first kappa shape index (κ1) is 18.4. The van der Waals surface area contributed by atoms with Crippen LogP contribution in [0.25, 0.3) is 0 Å². The van der Waals surface area contributed by atoms with E-state index in [0.717, 1.165) is 11.1 Å². The number of nitrogens with zero attached hydrogens (tertiary/aromatic N) is 2. The molecule has 0 fully saturated rings. The zero-order valence-corrected chi connectivity index (χ0v) is 13.4. The molecule has 0 spiro atoms. The summed E-state index contributed by atoms with van der Waals surface area (Å²) in [5, 5.41) is 2.88. The molecule has 0 radical (unpaired) electrons. The van der Waals surface area contributed by atoms with Crippen molar-refractivity contribution >= 4 is 5.96 Å². The van der Waals surface area contributed by atoms with Crippen LogP contribution in [0, 0.1) is 0 Å². The van der Waals surface area contributed by atoms with Gasteiger partial charge in [-0.3, -0.25) is 0 Å². The van der Waals surface area contributed by atoms with Crippen LogP contribution in [0.3, 0.4) is 0 Å². The van der Waals surface area contributed by atoms with Gasteiger partial charge in [0.05, 0.1) is 13.7 Å². The summed E-state index contributed by atoms with van der Waals surface area (Å²) in [6.07, 6.45) is -3.09. The molecule has 1 aromatic heterocycles. The second kappa shape index (κ2) is 8.22. The molecule has 9 heteroatoms. The van der Waals surface area contributed by atoms with Crippen molar-refractivity contribution in [3.63, 3.8) is 0 Å². The summed E-state index contributed by atoms with van der Waals surface area (Å²) in [4.78, 5) is 8.17. The van der Waals surface area contributed by atoms with Crippen LogP contribution < -0.4 is 20.5 Å². The Morgan fingerprint density at radius 3 is 2.56 bits per heavy atom. The number of pyridine rings is 1. The van der Waals surface area contributed by atoms with E-state index in [4.69, 9.17) is 10.5 Å². The van der Waals surface area contributed by atoms with Crippen LogP contribution in [0.2, 0.25) is 0 Å². The zero-order chi connectivity index (χ0) is 18.3. The fraction of sp³-hybridized carbons (Fsp3) is 0.250. The number of rotatable bonds is 6. The number of halogens is 3. The summed E-state index contributed by atoms with van der Waals surface area (Å²) in [5.74, 6) is 0.427. The smallest absolute Gasteiger partial charge is 0.481 e. The third kappa shape index (κ3) is 6.58. The number of aliphatic imine (C=N–C) groups is 1. The number of nitrogens with one attached hydrogen (secondary N) is 1. The fourth-order valence-electron chi connectivity index (χ4n) is 1.89. The molecular formula is C16H17F3N4O2. The van der Waals surface area contributed by atoms with Gasteiger partial charge in [-0.05, 0) is 29.3 Å². The van der Waals surface area contributed by atoms with Crippen LogP contribution in [0.5, 0.6) is 11.6 Å². The number of ether oxygens (including phenoxy) is 2. The van der Waals surface area contributed by atoms with Crippen molar-refractivity contribution in [3.05, 3.63) is 53.7 Å². The summed E-state index contributed by atoms with van der Waals surface area (Å²) in [6.45, 7) is 0.664. The van der Waals surface area contributed by atoms with E-state index in [-0.39, 0.29) is 11.7 Å². The van der Waals surface area contributed by atoms with E-state index in [1.54, 1.807) is 18.3 Å². The largest absolute Gasteiger partial charge is 0.573 e. The van der Waals surface area contributed by atoms with Gasteiger partial charge in [0.1, 0.15) is 5.75 Å². The van der Waals surface area contributed by atoms with E-state index in [2.05, 4.69) is 20.0 Å². The van der Waals surface area contributed by atoms with Crippen molar-refractivity contribution in [2.75, 3.05) is 7.11 Å². The fourth-order valence-corrected chi connectivity index (χ4v) is 1.89. The van der Waals surface area contributed by atoms with Crippen LogP contribution in [0.4, 0.5) is 13.2 Å². The van der Waals surface area contributed by atoms with Gasteiger partial charge in [0, 0.05) is 18.8 Å². The molecule has 0 aliphatic heterocycles. The second-order valence-corrected chi connectivity index (χ2v) is 4.95. The molecule has 0 atom stereocenters. The van der Waals surface area contributed by atoms with Crippen LogP contribution in [0.1, 0.15) is 11.1 Å². The Bertz CT molecular complexity index is 718. The third-order valence-corrected chi connectivity index (χ3v) is 3.07. The highest BCUT2D eigenvalue weighted by Gasteiger charge is 2.30. The van der Waals surface area contributed by atoms with E-state index in [1.807, 2.05) is 0 Å². The standard InChI is InChI=1S/C16H17F3N4O2/c1-24-14-8-12(6-7-21-14)10-23-15(20)22-9-11-2-4-13(5-3-11)25-16(17,18)19/h2-8H,9-10H2,1H3,(H3,20,22,23). The number of methoxy groups -OCH3 is 1. The number of aromatic nitrogens is 1. The molecule has 0 saturated heterocycles. The Hall–Kier alpha value is -2.97. The highest BCUT2D eigenvalue weighted by atomic mass is 19.4. The minimum Gasteiger partial charge on any atom is -0.481 e. The molecule has 2 rings (SSSR count). The van der Waals surface area contributed by atoms with Gasteiger partial charge in [-0.1, -0.05) is 12.1 Å². The van der Waals surface area contributed by atoms with Gasteiger partial charge in [-0.2, -0.15) is 0 Å². The molecule has 0 aliphatic rings. The number of alkyl halides is 3. The quantitative estimate of drug-likeness (QED) is 0.616. The van der Waals surface area contributed by atoms with Gasteiger partial charge in [0.2, 0.25) is 5.88 Å². The maximum atomic E-state index is 12.1. The molecule has 0 bridgehead atoms. The van der Waals surface area contributed by atoms with E-state index in [1.165, 1.54) is 31.4 Å². The second-order valence-electron chi connectivity index (χ2n) is 4.95. The molecule has 3 N–H and O–H groups in total. The first-order chi connectivity index (χ1) is 11.9. The summed E-state index contributed by atoms with van der Waals surface area (Å²) in [6, 6.07) is 9.03. The monoisotopic (exact) mass is 354 g/mol. The van der Waals surface area contributed by atoms with Crippen molar-refractivity contribution in [2.45, 2.75) is 19.5 Å². The number of guanidine groups is 1. The number of benzene rings is 1. The van der Waals surface area contributed by atoms with Crippen molar-refractivity contribution < 1.29 is 22.6 Å². The van der Waals surface area contributed by atoms with Crippen molar-refractivity contribution in [2.24, 2.45) is 10.7 Å². The number of nitrogens with two attached hydrogens (primary N) is 1. The average Bonchev–Trinajstić information content (AvgIpc) is 2.58. The lowest BCUT2D eigenvalue weighted by atomic mass is 10.2. The van der Waals surface area contributed by atoms with Crippen molar-refractivity contribution in [1.82, 2.24) is 10.3 Å². The predicted octanol–water partition coefficient (Wildman–Crippen LogP) is 2.59. The summed E-state index contributed by atoms with van der Waals surface area (Å²) in [7, 11) is 1.52. The molecule has 25 heavy (non-hydrogen) atoms. The summed E-state index contributed by atoms with van der Waals surface area (Å²) >= 11 is 0. The van der Waals surface area contributed by atoms with Gasteiger partial charge in [-0.25, -0.2) is 9.98 Å². The Morgan fingerprint density at radius 1 is 1.20 bits per heavy atom. The van der Waals surface area contributed by atoms with E-state index < -0.39 is 6.36 Å². The van der Waals surface area contributed by atoms with E-state index in [0.29, 0.717) is 19.0 Å². The molecule has 6 nitrogen and oxygen atoms in total. The summed E-state index contributed by atoms with van der Waals surface area (Å²) < 4.78 is 45.1. The summed E-state index contributed by atoms with van der Waals surface area (Å²) in [5.41, 5.74) is 7.39. The van der Waals surface area contributed by atoms with Crippen LogP contribution >= 0.6 is 0 Å². The SMILES string of the molecule is COc1cc(CN=C(N)NCc2ccc(OC(F)(F)F)cc2)ccn1. The molecule has 0 aliphatic carbocycles. The maximum absolute atomic E-state index is 12.1. The Balaban J connectivity index is 1.85. The average molecular weight is 354 g/mol. The van der Waals surface area contributed by atoms with Crippen LogP contribution in [0.15, 0.2) is 47.6 Å². The lowest BCUT2D eigenvalue weighted by molar-refractivity contribution is -0.274. The molecule has 0 amide bonds. The molecule has 2 aromatic rings. The normalized spacial score (nSPS) is 11.9. The van der Waals surface area contributed by atoms with Gasteiger partial charge in [0.15, 0.2) is 5.96 Å². The van der Waals surface area contributed by atoms with Crippen molar-refractivity contribution in [1.29, 1.82) is 0 Å². The topological polar surface area (TPSA) is 81.8 Å². The molecule has 0 unspecified atom stereocenters. The van der Waals surface area contributed by atoms with Gasteiger partial charge < -0.3 is 20.5 Å². The lowest BCUT2D eigenvalue weighted by Crippen LogP contribution is -2.31. The Labute approximate surface area is 142 Å². The van der Waals surface area contributed by atoms with Crippen LogP contribution in [-0.4, -0.2) is 24.4 Å². The van der Waals surface area contributed by atoms with Gasteiger partial charge in [-0.15, -0.1) is 13.2 Å². The van der Waals surface area contributed by atoms with Crippen molar-refractivity contribution in [3.8, 4) is 11.6 Å². The van der Waals surface area contributed by atoms with Gasteiger partial charge >= 0.3 is 6.36 Å². The zero-order valence-electron chi connectivity index (χ0n) is 13.4. The first-order valence-corrected chi connectivity index (χ1v) is 7.23. The minimum absolute atomic E-state index is 0.214. The Morgan fingerprint density at radius 2 is 1.92 bits per heavy atom. The van der Waals surface area contributed by atoms with E-state index in [9.17, 15) is 13.2 Å². The molecule has 1 heterocycles. The molecule has 134 valence electrons. The first-order valence-electron chi connectivity index (χ1n) is 7.23. The van der Waals surface area contributed by atoms with E-state index >= 15 is 0 Å². The number of hydrogen-bond acceptors (Lipinski definition) is 4. The molecular weight excluding hydrogens is 337 g/mol. The maximum Gasteiger partial charge on any atom is 0.573 e. The molecule has 0 saturated carbocycles. The lowest BCUT2D eigenvalue weighted by Gasteiger charge is -2.10. The Kier molecular flexibility index (Phi) is 6.04. The third-order valence-electron chi connectivity index (χ3n) is 3.07. The minimum atomic E-state index is -4.70. The highest BCUT2D eigenvalue weighted by Crippen LogP contribution is 2.22. The predicted molar refractivity (Wildman–Crippen MR) is 86.1 cm³/mol.